The van der Waals surface area contributed by atoms with Crippen molar-refractivity contribution in [3.8, 4) is 0 Å². The molecule has 0 radical (unpaired) electrons. The van der Waals surface area contributed by atoms with E-state index in [0.717, 1.165) is 24.6 Å². The van der Waals surface area contributed by atoms with E-state index in [1.807, 2.05) is 12.3 Å². The Labute approximate surface area is 118 Å². The summed E-state index contributed by atoms with van der Waals surface area (Å²) in [5.41, 5.74) is 1.14. The molecule has 0 saturated heterocycles. The molecule has 0 bridgehead atoms. The summed E-state index contributed by atoms with van der Waals surface area (Å²) >= 11 is 0. The van der Waals surface area contributed by atoms with Crippen LogP contribution in [0.5, 0.6) is 0 Å². The molecule has 0 spiro atoms. The van der Waals surface area contributed by atoms with Gasteiger partial charge in [0.25, 0.3) is 0 Å². The number of hydrogen-bond acceptors (Lipinski definition) is 3. The molecule has 0 aliphatic rings. The summed E-state index contributed by atoms with van der Waals surface area (Å²) in [6.07, 6.45) is 11.1. The van der Waals surface area contributed by atoms with E-state index in [2.05, 4.69) is 36.1 Å². The molecular formula is C16H29N3. The van der Waals surface area contributed by atoms with Crippen LogP contribution in [0.4, 0.5) is 0 Å². The molecule has 0 aliphatic carbocycles. The highest BCUT2D eigenvalue weighted by Crippen LogP contribution is 2.25. The maximum absolute atomic E-state index is 4.43. The van der Waals surface area contributed by atoms with E-state index in [9.17, 15) is 0 Å². The van der Waals surface area contributed by atoms with E-state index in [-0.39, 0.29) is 0 Å². The number of nitrogens with zero attached hydrogens (tertiary/aromatic N) is 2. The third-order valence-electron chi connectivity index (χ3n) is 3.71. The van der Waals surface area contributed by atoms with Crippen LogP contribution in [-0.2, 0) is 0 Å². The molecular weight excluding hydrogens is 234 g/mol. The molecule has 0 amide bonds. The number of nitrogens with one attached hydrogen (secondary N) is 1. The fraction of sp³-hybridized carbons (Fsp3) is 0.750. The summed E-state index contributed by atoms with van der Waals surface area (Å²) in [4.78, 5) is 8.44. The van der Waals surface area contributed by atoms with Crippen molar-refractivity contribution in [2.24, 2.45) is 5.92 Å². The molecule has 3 nitrogen and oxygen atoms in total. The van der Waals surface area contributed by atoms with Gasteiger partial charge in [-0.25, -0.2) is 9.97 Å². The van der Waals surface area contributed by atoms with Gasteiger partial charge in [-0.05, 0) is 31.4 Å². The third-order valence-corrected chi connectivity index (χ3v) is 3.71. The van der Waals surface area contributed by atoms with Gasteiger partial charge in [0.1, 0.15) is 6.33 Å². The number of hydrogen-bond donors (Lipinski definition) is 1. The Morgan fingerprint density at radius 1 is 1.21 bits per heavy atom. The highest BCUT2D eigenvalue weighted by Gasteiger charge is 2.17. The fourth-order valence-corrected chi connectivity index (χ4v) is 2.45. The lowest BCUT2D eigenvalue weighted by Gasteiger charge is -2.23. The number of rotatable bonds is 10. The lowest BCUT2D eigenvalue weighted by molar-refractivity contribution is 0.349. The smallest absolute Gasteiger partial charge is 0.115 e. The van der Waals surface area contributed by atoms with E-state index in [0.29, 0.717) is 6.04 Å². The Kier molecular flexibility index (Phi) is 8.39. The Morgan fingerprint density at radius 3 is 2.63 bits per heavy atom. The van der Waals surface area contributed by atoms with Gasteiger partial charge in [0.05, 0.1) is 5.69 Å². The van der Waals surface area contributed by atoms with Crippen LogP contribution >= 0.6 is 0 Å². The predicted octanol–water partition coefficient (Wildman–Crippen LogP) is 4.12. The van der Waals surface area contributed by atoms with Crippen molar-refractivity contribution < 1.29 is 0 Å². The highest BCUT2D eigenvalue weighted by atomic mass is 14.9. The Hall–Kier alpha value is -0.960. The highest BCUT2D eigenvalue weighted by molar-refractivity contribution is 5.05. The average molecular weight is 263 g/mol. The monoisotopic (exact) mass is 263 g/mol. The molecule has 0 aliphatic heterocycles. The van der Waals surface area contributed by atoms with Crippen molar-refractivity contribution in [3.05, 3.63) is 24.3 Å². The van der Waals surface area contributed by atoms with Gasteiger partial charge in [-0.3, -0.25) is 0 Å². The Morgan fingerprint density at radius 2 is 2.05 bits per heavy atom. The largest absolute Gasteiger partial charge is 0.309 e. The summed E-state index contributed by atoms with van der Waals surface area (Å²) in [6.45, 7) is 7.83. The van der Waals surface area contributed by atoms with Gasteiger partial charge in [0.15, 0.2) is 0 Å². The van der Waals surface area contributed by atoms with Crippen LogP contribution in [0.25, 0.3) is 0 Å². The Bertz CT molecular complexity index is 313. The van der Waals surface area contributed by atoms with Crippen LogP contribution in [0.3, 0.4) is 0 Å². The maximum Gasteiger partial charge on any atom is 0.115 e. The van der Waals surface area contributed by atoms with Crippen LogP contribution in [0.2, 0.25) is 0 Å². The molecule has 0 aromatic carbocycles. The molecule has 0 fully saturated rings. The SMILES string of the molecule is CCCCC(CC)CC(NCCC)c1ccncn1. The van der Waals surface area contributed by atoms with Gasteiger partial charge in [0.2, 0.25) is 0 Å². The fourth-order valence-electron chi connectivity index (χ4n) is 2.45. The molecule has 1 heterocycles. The van der Waals surface area contributed by atoms with Gasteiger partial charge in [-0.1, -0.05) is 46.5 Å². The molecule has 108 valence electrons. The second-order valence-electron chi connectivity index (χ2n) is 5.29. The quantitative estimate of drug-likeness (QED) is 0.690. The normalized spacial score (nSPS) is 14.3. The molecule has 19 heavy (non-hydrogen) atoms. The first-order chi connectivity index (χ1) is 9.31. The van der Waals surface area contributed by atoms with Gasteiger partial charge >= 0.3 is 0 Å². The van der Waals surface area contributed by atoms with Gasteiger partial charge < -0.3 is 5.32 Å². The first-order valence-corrected chi connectivity index (χ1v) is 7.81. The number of unbranched alkanes of at least 4 members (excludes halogenated alkanes) is 1. The Balaban J connectivity index is 2.62. The molecule has 1 N–H and O–H groups in total. The molecule has 0 saturated carbocycles. The third kappa shape index (κ3) is 6.15. The van der Waals surface area contributed by atoms with Crippen LogP contribution < -0.4 is 5.32 Å². The summed E-state index contributed by atoms with van der Waals surface area (Å²) in [5, 5.41) is 3.64. The summed E-state index contributed by atoms with van der Waals surface area (Å²) in [6, 6.07) is 2.42. The van der Waals surface area contributed by atoms with E-state index in [1.54, 1.807) is 6.33 Å². The minimum Gasteiger partial charge on any atom is -0.309 e. The minimum absolute atomic E-state index is 0.379. The summed E-state index contributed by atoms with van der Waals surface area (Å²) < 4.78 is 0. The summed E-state index contributed by atoms with van der Waals surface area (Å²) in [7, 11) is 0. The van der Waals surface area contributed by atoms with Crippen LogP contribution in [0.1, 0.15) is 71.0 Å². The first-order valence-electron chi connectivity index (χ1n) is 7.81. The minimum atomic E-state index is 0.379. The zero-order valence-corrected chi connectivity index (χ0v) is 12.7. The van der Waals surface area contributed by atoms with Gasteiger partial charge in [-0.15, -0.1) is 0 Å². The molecule has 1 aromatic heterocycles. The van der Waals surface area contributed by atoms with Crippen LogP contribution in [-0.4, -0.2) is 16.5 Å². The zero-order chi connectivity index (χ0) is 13.9. The van der Waals surface area contributed by atoms with Crippen molar-refractivity contribution in [1.82, 2.24) is 15.3 Å². The van der Waals surface area contributed by atoms with E-state index < -0.39 is 0 Å². The van der Waals surface area contributed by atoms with Crippen LogP contribution in [0.15, 0.2) is 18.6 Å². The molecule has 1 rings (SSSR count). The average Bonchev–Trinajstić information content (AvgIpc) is 2.47. The van der Waals surface area contributed by atoms with Gasteiger partial charge in [-0.2, -0.15) is 0 Å². The van der Waals surface area contributed by atoms with Crippen molar-refractivity contribution in [1.29, 1.82) is 0 Å². The van der Waals surface area contributed by atoms with E-state index in [1.165, 1.54) is 32.1 Å². The first kappa shape index (κ1) is 16.1. The van der Waals surface area contributed by atoms with E-state index >= 15 is 0 Å². The lowest BCUT2D eigenvalue weighted by Crippen LogP contribution is -2.25. The molecule has 2 unspecified atom stereocenters. The predicted molar refractivity (Wildman–Crippen MR) is 81.0 cm³/mol. The second kappa shape index (κ2) is 9.90. The topological polar surface area (TPSA) is 37.8 Å². The van der Waals surface area contributed by atoms with E-state index in [4.69, 9.17) is 0 Å². The molecule has 2 atom stereocenters. The van der Waals surface area contributed by atoms with Crippen molar-refractivity contribution in [2.75, 3.05) is 6.54 Å². The zero-order valence-electron chi connectivity index (χ0n) is 12.7. The van der Waals surface area contributed by atoms with Crippen molar-refractivity contribution >= 4 is 0 Å². The van der Waals surface area contributed by atoms with Crippen molar-refractivity contribution in [2.45, 2.75) is 65.3 Å². The number of aromatic nitrogens is 2. The van der Waals surface area contributed by atoms with Crippen molar-refractivity contribution in [3.63, 3.8) is 0 Å². The standard InChI is InChI=1S/C16H29N3/c1-4-7-8-14(6-3)12-16(18-10-5-2)15-9-11-17-13-19-15/h9,11,13-14,16,18H,4-8,10,12H2,1-3H3. The lowest BCUT2D eigenvalue weighted by atomic mass is 9.91. The summed E-state index contributed by atoms with van der Waals surface area (Å²) in [5.74, 6) is 0.796. The van der Waals surface area contributed by atoms with Crippen LogP contribution in [0, 0.1) is 5.92 Å². The molecule has 3 heteroatoms. The van der Waals surface area contributed by atoms with Gasteiger partial charge in [0, 0.05) is 12.2 Å². The molecule has 1 aromatic rings. The second-order valence-corrected chi connectivity index (χ2v) is 5.29. The maximum atomic E-state index is 4.43.